The van der Waals surface area contributed by atoms with E-state index in [2.05, 4.69) is 15.6 Å². The molecule has 7 nitrogen and oxygen atoms in total. The smallest absolute Gasteiger partial charge is 0.291 e. The summed E-state index contributed by atoms with van der Waals surface area (Å²) in [5.74, 6) is -0.261. The summed E-state index contributed by atoms with van der Waals surface area (Å²) in [7, 11) is 0. The van der Waals surface area contributed by atoms with E-state index in [-0.39, 0.29) is 17.6 Å². The molecule has 4 aromatic rings. The number of aromatic nitrogens is 2. The molecule has 0 atom stereocenters. The second-order valence-corrected chi connectivity index (χ2v) is 7.42. The SMILES string of the molecule is CSc1nccn1-c1ccc(C(=O)NCc2cccc(NC(=O)c3ccco3)c2)cc1. The van der Waals surface area contributed by atoms with Gasteiger partial charge in [0.2, 0.25) is 0 Å². The number of hydrogen-bond donors (Lipinski definition) is 2. The molecule has 2 amide bonds. The van der Waals surface area contributed by atoms with E-state index in [4.69, 9.17) is 4.42 Å². The van der Waals surface area contributed by atoms with E-state index in [1.807, 2.05) is 47.4 Å². The number of rotatable bonds is 7. The van der Waals surface area contributed by atoms with Crippen LogP contribution in [-0.2, 0) is 6.54 Å². The monoisotopic (exact) mass is 432 g/mol. The molecular weight excluding hydrogens is 412 g/mol. The minimum Gasteiger partial charge on any atom is -0.459 e. The van der Waals surface area contributed by atoms with Gasteiger partial charge in [0.15, 0.2) is 10.9 Å². The Morgan fingerprint density at radius 1 is 1.06 bits per heavy atom. The van der Waals surface area contributed by atoms with Crippen molar-refractivity contribution in [3.05, 3.63) is 96.2 Å². The van der Waals surface area contributed by atoms with Crippen LogP contribution in [0.5, 0.6) is 0 Å². The average molecular weight is 433 g/mol. The number of anilines is 1. The third-order valence-corrected chi connectivity index (χ3v) is 5.25. The summed E-state index contributed by atoms with van der Waals surface area (Å²) >= 11 is 1.56. The predicted octanol–water partition coefficient (Wildman–Crippen LogP) is 4.37. The first-order valence-electron chi connectivity index (χ1n) is 9.54. The van der Waals surface area contributed by atoms with Gasteiger partial charge in [0, 0.05) is 35.9 Å². The first-order chi connectivity index (χ1) is 15.1. The number of nitrogens with one attached hydrogen (secondary N) is 2. The van der Waals surface area contributed by atoms with Crippen molar-refractivity contribution in [1.29, 1.82) is 0 Å². The van der Waals surface area contributed by atoms with Crippen LogP contribution < -0.4 is 10.6 Å². The third kappa shape index (κ3) is 4.87. The fraction of sp³-hybridized carbons (Fsp3) is 0.0870. The van der Waals surface area contributed by atoms with Crippen molar-refractivity contribution < 1.29 is 14.0 Å². The Hall–Kier alpha value is -3.78. The molecule has 2 aromatic heterocycles. The van der Waals surface area contributed by atoms with E-state index in [1.165, 1.54) is 6.26 Å². The molecule has 0 fully saturated rings. The van der Waals surface area contributed by atoms with Crippen molar-refractivity contribution in [1.82, 2.24) is 14.9 Å². The first kappa shape index (κ1) is 20.5. The Morgan fingerprint density at radius 2 is 1.90 bits per heavy atom. The fourth-order valence-corrected chi connectivity index (χ4v) is 3.58. The number of hydrogen-bond acceptors (Lipinski definition) is 5. The molecule has 2 heterocycles. The van der Waals surface area contributed by atoms with Gasteiger partial charge in [0.25, 0.3) is 11.8 Å². The lowest BCUT2D eigenvalue weighted by Gasteiger charge is -2.09. The highest BCUT2D eigenvalue weighted by atomic mass is 32.2. The Morgan fingerprint density at radius 3 is 2.65 bits per heavy atom. The van der Waals surface area contributed by atoms with Gasteiger partial charge in [-0.2, -0.15) is 0 Å². The van der Waals surface area contributed by atoms with Crippen molar-refractivity contribution in [3.63, 3.8) is 0 Å². The second kappa shape index (κ2) is 9.36. The van der Waals surface area contributed by atoms with E-state index in [1.54, 1.807) is 48.3 Å². The molecule has 0 radical (unpaired) electrons. The van der Waals surface area contributed by atoms with Gasteiger partial charge in [-0.25, -0.2) is 4.98 Å². The van der Waals surface area contributed by atoms with Gasteiger partial charge in [-0.05, 0) is 60.4 Å². The lowest BCUT2D eigenvalue weighted by atomic mass is 10.1. The van der Waals surface area contributed by atoms with Crippen LogP contribution >= 0.6 is 11.8 Å². The van der Waals surface area contributed by atoms with Crippen LogP contribution in [0.3, 0.4) is 0 Å². The molecule has 0 bridgehead atoms. The molecule has 0 spiro atoms. The Kier molecular flexibility index (Phi) is 6.18. The second-order valence-electron chi connectivity index (χ2n) is 6.65. The number of imidazole rings is 1. The number of nitrogens with zero attached hydrogens (tertiary/aromatic N) is 2. The number of carbonyl (C=O) groups excluding carboxylic acids is 2. The number of furan rings is 1. The summed E-state index contributed by atoms with van der Waals surface area (Å²) < 4.78 is 7.06. The van der Waals surface area contributed by atoms with Crippen molar-refractivity contribution in [2.75, 3.05) is 11.6 Å². The molecule has 8 heteroatoms. The quantitative estimate of drug-likeness (QED) is 0.423. The molecule has 0 aliphatic rings. The summed E-state index contributed by atoms with van der Waals surface area (Å²) in [6.07, 6.45) is 7.05. The van der Waals surface area contributed by atoms with E-state index < -0.39 is 0 Å². The zero-order valence-corrected chi connectivity index (χ0v) is 17.6. The van der Waals surface area contributed by atoms with Crippen molar-refractivity contribution in [3.8, 4) is 5.69 Å². The molecule has 0 saturated carbocycles. The maximum Gasteiger partial charge on any atom is 0.291 e. The van der Waals surface area contributed by atoms with E-state index in [0.717, 1.165) is 16.4 Å². The molecule has 2 N–H and O–H groups in total. The van der Waals surface area contributed by atoms with Crippen molar-refractivity contribution >= 4 is 29.3 Å². The minimum absolute atomic E-state index is 0.174. The van der Waals surface area contributed by atoms with Crippen LogP contribution in [0, 0.1) is 0 Å². The van der Waals surface area contributed by atoms with Gasteiger partial charge in [-0.3, -0.25) is 14.2 Å². The first-order valence-corrected chi connectivity index (χ1v) is 10.8. The number of amides is 2. The molecule has 0 unspecified atom stereocenters. The topological polar surface area (TPSA) is 89.2 Å². The Bertz CT molecular complexity index is 1180. The molecule has 4 rings (SSSR count). The summed E-state index contributed by atoms with van der Waals surface area (Å²) in [4.78, 5) is 28.9. The molecular formula is C23H20N4O3S. The highest BCUT2D eigenvalue weighted by Gasteiger charge is 2.10. The average Bonchev–Trinajstić information content (AvgIpc) is 3.50. The highest BCUT2D eigenvalue weighted by molar-refractivity contribution is 7.98. The lowest BCUT2D eigenvalue weighted by molar-refractivity contribution is 0.0949. The third-order valence-electron chi connectivity index (χ3n) is 4.58. The molecule has 2 aromatic carbocycles. The van der Waals surface area contributed by atoms with Crippen LogP contribution in [-0.4, -0.2) is 27.6 Å². The van der Waals surface area contributed by atoms with Crippen LogP contribution in [0.25, 0.3) is 5.69 Å². The van der Waals surface area contributed by atoms with Crippen molar-refractivity contribution in [2.45, 2.75) is 11.7 Å². The molecule has 0 aliphatic carbocycles. The van der Waals surface area contributed by atoms with Crippen LogP contribution in [0.15, 0.2) is 88.9 Å². The Balaban J connectivity index is 1.37. The zero-order valence-electron chi connectivity index (χ0n) is 16.7. The van der Waals surface area contributed by atoms with E-state index >= 15 is 0 Å². The summed E-state index contributed by atoms with van der Waals surface area (Å²) in [6, 6.07) is 17.9. The van der Waals surface area contributed by atoms with Gasteiger partial charge < -0.3 is 15.1 Å². The van der Waals surface area contributed by atoms with Gasteiger partial charge >= 0.3 is 0 Å². The van der Waals surface area contributed by atoms with Crippen LogP contribution in [0.4, 0.5) is 5.69 Å². The molecule has 31 heavy (non-hydrogen) atoms. The summed E-state index contributed by atoms with van der Waals surface area (Å²) in [6.45, 7) is 0.336. The number of carbonyl (C=O) groups is 2. The van der Waals surface area contributed by atoms with Crippen LogP contribution in [0.1, 0.15) is 26.5 Å². The van der Waals surface area contributed by atoms with Gasteiger partial charge in [0.1, 0.15) is 0 Å². The normalized spacial score (nSPS) is 10.6. The zero-order chi connectivity index (χ0) is 21.6. The predicted molar refractivity (Wildman–Crippen MR) is 120 cm³/mol. The Labute approximate surface area is 183 Å². The van der Waals surface area contributed by atoms with E-state index in [9.17, 15) is 9.59 Å². The highest BCUT2D eigenvalue weighted by Crippen LogP contribution is 2.18. The maximum atomic E-state index is 12.5. The standard InChI is InChI=1S/C23H20N4O3S/c1-31-23-24-11-12-27(23)19-9-7-17(8-10-19)21(28)25-15-16-4-2-5-18(14-16)26-22(29)20-6-3-13-30-20/h2-14H,15H2,1H3,(H,25,28)(H,26,29). The molecule has 156 valence electrons. The van der Waals surface area contributed by atoms with Crippen LogP contribution in [0.2, 0.25) is 0 Å². The van der Waals surface area contributed by atoms with Gasteiger partial charge in [-0.15, -0.1) is 0 Å². The number of benzene rings is 2. The summed E-state index contributed by atoms with van der Waals surface area (Å²) in [5.41, 5.74) is 3.00. The van der Waals surface area contributed by atoms with E-state index in [0.29, 0.717) is 17.8 Å². The fourth-order valence-electron chi connectivity index (χ4n) is 3.05. The maximum absolute atomic E-state index is 12.5. The van der Waals surface area contributed by atoms with Gasteiger partial charge in [0.05, 0.1) is 6.26 Å². The van der Waals surface area contributed by atoms with Crippen molar-refractivity contribution in [2.24, 2.45) is 0 Å². The van der Waals surface area contributed by atoms with Gasteiger partial charge in [-0.1, -0.05) is 23.9 Å². The molecule has 0 saturated heterocycles. The number of thioether (sulfide) groups is 1. The largest absolute Gasteiger partial charge is 0.459 e. The molecule has 0 aliphatic heterocycles. The minimum atomic E-state index is -0.325. The lowest BCUT2D eigenvalue weighted by Crippen LogP contribution is -2.22. The summed E-state index contributed by atoms with van der Waals surface area (Å²) in [5, 5.41) is 6.57.